The predicted octanol–water partition coefficient (Wildman–Crippen LogP) is 4.80. The number of hydrogen-bond acceptors (Lipinski definition) is 3. The molecule has 0 unspecified atom stereocenters. The summed E-state index contributed by atoms with van der Waals surface area (Å²) in [4.78, 5) is 0. The molecule has 0 aliphatic carbocycles. The van der Waals surface area contributed by atoms with E-state index >= 15 is 0 Å². The Balaban J connectivity index is 2.19. The lowest BCUT2D eigenvalue weighted by molar-refractivity contribution is 0.436. The lowest BCUT2D eigenvalue weighted by atomic mass is 10.0. The summed E-state index contributed by atoms with van der Waals surface area (Å²) in [5, 5.41) is 3.84. The molecule has 1 aromatic heterocycles. The molecule has 5 heteroatoms. The van der Waals surface area contributed by atoms with Gasteiger partial charge in [-0.2, -0.15) is 0 Å². The molecule has 3 rings (SSSR count). The van der Waals surface area contributed by atoms with Crippen LogP contribution >= 0.6 is 15.9 Å². The van der Waals surface area contributed by atoms with Gasteiger partial charge < -0.3 is 10.3 Å². The number of rotatable bonds is 2. The second kappa shape index (κ2) is 5.33. The number of halogens is 2. The van der Waals surface area contributed by atoms with Crippen molar-refractivity contribution in [3.63, 3.8) is 0 Å². The molecular weight excluding hydrogens is 335 g/mol. The van der Waals surface area contributed by atoms with Gasteiger partial charge >= 0.3 is 0 Å². The largest absolute Gasteiger partial charge is 0.380 e. The third-order valence-electron chi connectivity index (χ3n) is 3.25. The number of nitrogens with zero attached hydrogens (tertiary/aromatic N) is 1. The predicted molar refractivity (Wildman–Crippen MR) is 84.2 cm³/mol. The fraction of sp³-hybridized carbons (Fsp3) is 0.0625. The molecule has 0 saturated carbocycles. The van der Waals surface area contributed by atoms with Crippen molar-refractivity contribution in [3.8, 4) is 22.5 Å². The van der Waals surface area contributed by atoms with Crippen molar-refractivity contribution in [2.75, 3.05) is 5.73 Å². The van der Waals surface area contributed by atoms with Gasteiger partial charge in [0.2, 0.25) is 0 Å². The van der Waals surface area contributed by atoms with Crippen LogP contribution in [0.15, 0.2) is 51.5 Å². The highest BCUT2D eigenvalue weighted by Gasteiger charge is 2.18. The van der Waals surface area contributed by atoms with Crippen LogP contribution in [0.1, 0.15) is 5.56 Å². The van der Waals surface area contributed by atoms with E-state index in [0.717, 1.165) is 15.6 Å². The first-order valence-electron chi connectivity index (χ1n) is 6.34. The summed E-state index contributed by atoms with van der Waals surface area (Å²) in [6.45, 7) is 1.71. The van der Waals surface area contributed by atoms with E-state index < -0.39 is 0 Å². The van der Waals surface area contributed by atoms with Gasteiger partial charge in [-0.15, -0.1) is 0 Å². The van der Waals surface area contributed by atoms with Crippen LogP contribution in [-0.2, 0) is 0 Å². The van der Waals surface area contributed by atoms with Gasteiger partial charge in [0.15, 0.2) is 11.6 Å². The molecule has 2 aromatic carbocycles. The van der Waals surface area contributed by atoms with Gasteiger partial charge in [-0.1, -0.05) is 33.2 Å². The van der Waals surface area contributed by atoms with E-state index in [1.807, 2.05) is 24.3 Å². The summed E-state index contributed by atoms with van der Waals surface area (Å²) in [5.41, 5.74) is 8.82. The molecule has 0 aliphatic rings. The quantitative estimate of drug-likeness (QED) is 0.724. The van der Waals surface area contributed by atoms with Crippen LogP contribution < -0.4 is 5.73 Å². The molecular formula is C16H12BrFN2O. The van der Waals surface area contributed by atoms with Crippen LogP contribution in [0.2, 0.25) is 0 Å². The summed E-state index contributed by atoms with van der Waals surface area (Å²) in [6.07, 6.45) is 0. The molecule has 0 aliphatic heterocycles. The number of aryl methyl sites for hydroxylation is 1. The summed E-state index contributed by atoms with van der Waals surface area (Å²) in [6, 6.07) is 12.5. The zero-order valence-electron chi connectivity index (χ0n) is 11.2. The fourth-order valence-electron chi connectivity index (χ4n) is 2.21. The van der Waals surface area contributed by atoms with Crippen LogP contribution in [0.25, 0.3) is 22.5 Å². The minimum absolute atomic E-state index is 0.254. The van der Waals surface area contributed by atoms with Crippen LogP contribution in [0, 0.1) is 12.7 Å². The van der Waals surface area contributed by atoms with Gasteiger partial charge in [0, 0.05) is 10.0 Å². The Labute approximate surface area is 129 Å². The number of aromatic nitrogens is 1. The smallest absolute Gasteiger partial charge is 0.176 e. The van der Waals surface area contributed by atoms with E-state index in [1.165, 1.54) is 6.07 Å². The van der Waals surface area contributed by atoms with Crippen molar-refractivity contribution in [2.24, 2.45) is 0 Å². The molecule has 3 nitrogen and oxygen atoms in total. The van der Waals surface area contributed by atoms with Gasteiger partial charge in [-0.25, -0.2) is 4.39 Å². The standard InChI is InChI=1S/C16H12BrFN2O/c1-9-7-11(5-6-13(9)18)15-14(16(19)20-21-15)10-3-2-4-12(17)8-10/h2-8H,1H3,(H2,19,20). The van der Waals surface area contributed by atoms with Crippen molar-refractivity contribution in [2.45, 2.75) is 6.92 Å². The molecule has 3 aromatic rings. The van der Waals surface area contributed by atoms with Crippen molar-refractivity contribution in [1.82, 2.24) is 5.16 Å². The van der Waals surface area contributed by atoms with E-state index in [0.29, 0.717) is 22.7 Å². The highest BCUT2D eigenvalue weighted by atomic mass is 79.9. The molecule has 2 N–H and O–H groups in total. The summed E-state index contributed by atoms with van der Waals surface area (Å²) >= 11 is 3.43. The fourth-order valence-corrected chi connectivity index (χ4v) is 2.61. The maximum atomic E-state index is 13.4. The first-order chi connectivity index (χ1) is 10.1. The minimum atomic E-state index is -0.254. The maximum absolute atomic E-state index is 13.4. The van der Waals surface area contributed by atoms with Crippen molar-refractivity contribution < 1.29 is 8.91 Å². The molecule has 0 amide bonds. The molecule has 0 fully saturated rings. The normalized spacial score (nSPS) is 10.8. The minimum Gasteiger partial charge on any atom is -0.380 e. The van der Waals surface area contributed by atoms with Crippen molar-refractivity contribution >= 4 is 21.7 Å². The topological polar surface area (TPSA) is 52.0 Å². The number of nitrogen functional groups attached to an aromatic ring is 1. The zero-order valence-corrected chi connectivity index (χ0v) is 12.8. The Kier molecular flexibility index (Phi) is 3.51. The second-order valence-corrected chi connectivity index (χ2v) is 5.66. The highest BCUT2D eigenvalue weighted by molar-refractivity contribution is 9.10. The van der Waals surface area contributed by atoms with E-state index in [-0.39, 0.29) is 5.82 Å². The third kappa shape index (κ3) is 2.56. The molecule has 0 spiro atoms. The summed E-state index contributed by atoms with van der Waals surface area (Å²) < 4.78 is 19.7. The average Bonchev–Trinajstić information content (AvgIpc) is 2.84. The first kappa shape index (κ1) is 13.8. The van der Waals surface area contributed by atoms with Gasteiger partial charge in [0.05, 0.1) is 5.56 Å². The monoisotopic (exact) mass is 346 g/mol. The summed E-state index contributed by atoms with van der Waals surface area (Å²) in [7, 11) is 0. The summed E-state index contributed by atoms with van der Waals surface area (Å²) in [5.74, 6) is 0.592. The van der Waals surface area contributed by atoms with Gasteiger partial charge in [-0.05, 0) is 48.4 Å². The van der Waals surface area contributed by atoms with E-state index in [2.05, 4.69) is 21.1 Å². The van der Waals surface area contributed by atoms with Gasteiger partial charge in [0.25, 0.3) is 0 Å². The van der Waals surface area contributed by atoms with E-state index in [4.69, 9.17) is 10.3 Å². The third-order valence-corrected chi connectivity index (χ3v) is 3.75. The Bertz CT molecular complexity index is 814. The lowest BCUT2D eigenvalue weighted by Gasteiger charge is -2.05. The Morgan fingerprint density at radius 2 is 1.95 bits per heavy atom. The molecule has 0 atom stereocenters. The Morgan fingerprint density at radius 3 is 2.67 bits per heavy atom. The van der Waals surface area contributed by atoms with Crippen LogP contribution in [-0.4, -0.2) is 5.16 Å². The first-order valence-corrected chi connectivity index (χ1v) is 7.13. The van der Waals surface area contributed by atoms with E-state index in [1.54, 1.807) is 19.1 Å². The number of anilines is 1. The Hall–Kier alpha value is -2.14. The van der Waals surface area contributed by atoms with Crippen molar-refractivity contribution in [3.05, 3.63) is 58.3 Å². The van der Waals surface area contributed by atoms with Crippen LogP contribution in [0.3, 0.4) is 0 Å². The van der Waals surface area contributed by atoms with E-state index in [9.17, 15) is 4.39 Å². The molecule has 0 bridgehead atoms. The molecule has 106 valence electrons. The zero-order chi connectivity index (χ0) is 15.0. The van der Waals surface area contributed by atoms with Crippen LogP contribution in [0.5, 0.6) is 0 Å². The average molecular weight is 347 g/mol. The molecule has 0 saturated heterocycles. The molecule has 1 heterocycles. The number of benzene rings is 2. The number of hydrogen-bond donors (Lipinski definition) is 1. The number of nitrogens with two attached hydrogens (primary N) is 1. The Morgan fingerprint density at radius 1 is 1.14 bits per heavy atom. The maximum Gasteiger partial charge on any atom is 0.176 e. The van der Waals surface area contributed by atoms with Crippen LogP contribution in [0.4, 0.5) is 10.2 Å². The highest BCUT2D eigenvalue weighted by Crippen LogP contribution is 2.37. The second-order valence-electron chi connectivity index (χ2n) is 4.75. The molecule has 0 radical (unpaired) electrons. The molecule has 21 heavy (non-hydrogen) atoms. The lowest BCUT2D eigenvalue weighted by Crippen LogP contribution is -1.89. The van der Waals surface area contributed by atoms with Gasteiger partial charge in [-0.3, -0.25) is 0 Å². The SMILES string of the molecule is Cc1cc(-c2onc(N)c2-c2cccc(Br)c2)ccc1F. The van der Waals surface area contributed by atoms with Crippen molar-refractivity contribution in [1.29, 1.82) is 0 Å². The van der Waals surface area contributed by atoms with Gasteiger partial charge in [0.1, 0.15) is 5.82 Å².